The van der Waals surface area contributed by atoms with Gasteiger partial charge in [0.2, 0.25) is 0 Å². The lowest BCUT2D eigenvalue weighted by atomic mass is 10.2. The predicted octanol–water partition coefficient (Wildman–Crippen LogP) is 12.5. The molecule has 0 aliphatic carbocycles. The van der Waals surface area contributed by atoms with Crippen LogP contribution in [0, 0.1) is 25.6 Å². The minimum atomic E-state index is -2.51. The van der Waals surface area contributed by atoms with E-state index >= 15 is 0 Å². The van der Waals surface area contributed by atoms with Crippen LogP contribution in [-0.4, -0.2) is 61.3 Å². The van der Waals surface area contributed by atoms with E-state index in [4.69, 9.17) is 39.6 Å². The third-order valence-corrected chi connectivity index (χ3v) is 15.9. The summed E-state index contributed by atoms with van der Waals surface area (Å²) >= 11 is 20.2. The number of halogens is 4. The van der Waals surface area contributed by atoms with E-state index in [1.807, 2.05) is 71.0 Å². The Morgan fingerprint density at radius 2 is 0.820 bits per heavy atom. The molecule has 0 bridgehead atoms. The predicted molar refractivity (Wildman–Crippen MR) is 257 cm³/mol. The van der Waals surface area contributed by atoms with Crippen LogP contribution in [0.4, 0.5) is 11.6 Å². The number of hydrogen-bond donors (Lipinski definition) is 1. The van der Waals surface area contributed by atoms with Gasteiger partial charge in [-0.15, -0.1) is 0 Å². The Morgan fingerprint density at radius 1 is 0.492 bits per heavy atom. The monoisotopic (exact) mass is 1010 g/mol. The summed E-state index contributed by atoms with van der Waals surface area (Å²) in [5, 5.41) is 1.01. The second kappa shape index (κ2) is 23.5. The Balaban J connectivity index is 0.000000228. The Morgan fingerprint density at radius 3 is 1.07 bits per heavy atom. The van der Waals surface area contributed by atoms with E-state index in [-0.39, 0.29) is 15.7 Å². The molecule has 61 heavy (non-hydrogen) atoms. The summed E-state index contributed by atoms with van der Waals surface area (Å²) in [4.78, 5) is 24.6. The molecule has 326 valence electrons. The van der Waals surface area contributed by atoms with E-state index < -0.39 is 29.2 Å². The molecule has 19 heteroatoms. The largest absolute Gasteiger partial charge is 0.261 e. The molecular formula is C42H49BrCl3N9O3S3. The average molecular weight is 1010 g/mol. The number of aromatic nitrogens is 6. The van der Waals surface area contributed by atoms with Gasteiger partial charge >= 0.3 is 0 Å². The molecule has 12 nitrogen and oxygen atoms in total. The Hall–Kier alpha value is -3.90. The molecule has 0 aliphatic rings. The molecule has 0 aliphatic heterocycles. The van der Waals surface area contributed by atoms with Gasteiger partial charge in [-0.1, -0.05) is 53.0 Å². The number of pyridine rings is 6. The summed E-state index contributed by atoms with van der Waals surface area (Å²) in [5.74, 6) is 0.850. The molecule has 1 N–H and O–H groups in total. The van der Waals surface area contributed by atoms with Crippen LogP contribution in [0.1, 0.15) is 70.3 Å². The van der Waals surface area contributed by atoms with Gasteiger partial charge in [-0.25, -0.2) is 27.6 Å². The highest BCUT2D eigenvalue weighted by atomic mass is 79.9. The molecule has 6 aromatic heterocycles. The van der Waals surface area contributed by atoms with E-state index in [0.29, 0.717) is 26.7 Å². The summed E-state index contributed by atoms with van der Waals surface area (Å²) < 4.78 is 53.7. The van der Waals surface area contributed by atoms with Crippen molar-refractivity contribution in [3.8, 4) is 0 Å². The van der Waals surface area contributed by atoms with Gasteiger partial charge in [0.15, 0.2) is 11.6 Å². The maximum absolute atomic E-state index is 12.8. The number of hydrogen-bond acceptors (Lipinski definition) is 12. The zero-order chi connectivity index (χ0) is 45.5. The first-order chi connectivity index (χ1) is 28.5. The van der Waals surface area contributed by atoms with Gasteiger partial charge in [0, 0.05) is 82.8 Å². The molecule has 0 spiro atoms. The minimum absolute atomic E-state index is 0.229. The molecule has 6 atom stereocenters. The number of rotatable bonds is 8. The van der Waals surface area contributed by atoms with Crippen molar-refractivity contribution < 1.29 is 12.6 Å². The zero-order valence-electron chi connectivity index (χ0n) is 35.2. The van der Waals surface area contributed by atoms with Crippen LogP contribution in [0.3, 0.4) is 0 Å². The van der Waals surface area contributed by atoms with Gasteiger partial charge in [0.1, 0.15) is 4.60 Å². The topological polar surface area (TPSA) is 177 Å². The smallest absolute Gasteiger partial charge is 0.161 e. The van der Waals surface area contributed by atoms with Crippen molar-refractivity contribution in [3.05, 3.63) is 163 Å². The molecule has 6 rings (SSSR count). The third-order valence-electron chi connectivity index (χ3n) is 8.86. The highest BCUT2D eigenvalue weighted by Crippen LogP contribution is 2.27. The van der Waals surface area contributed by atoms with Crippen molar-refractivity contribution in [2.45, 2.75) is 57.3 Å². The molecule has 6 heterocycles. The van der Waals surface area contributed by atoms with Gasteiger partial charge in [0.05, 0.1) is 50.3 Å². The van der Waals surface area contributed by atoms with E-state index in [2.05, 4.69) is 54.6 Å². The van der Waals surface area contributed by atoms with Crippen molar-refractivity contribution >= 4 is 91.6 Å². The lowest BCUT2D eigenvalue weighted by Crippen LogP contribution is -2.08. The first-order valence-corrected chi connectivity index (χ1v) is 26.3. The van der Waals surface area contributed by atoms with Crippen molar-refractivity contribution in [1.29, 1.82) is 4.78 Å². The lowest BCUT2D eigenvalue weighted by Gasteiger charge is -2.13. The first kappa shape index (κ1) is 51.5. The highest BCUT2D eigenvalue weighted by Gasteiger charge is 2.18. The number of nitrogens with zero attached hydrogens (tertiary/aromatic N) is 8. The van der Waals surface area contributed by atoms with Gasteiger partial charge in [-0.2, -0.15) is 8.73 Å². The van der Waals surface area contributed by atoms with Gasteiger partial charge in [-0.05, 0) is 129 Å². The fourth-order valence-electron chi connectivity index (χ4n) is 4.66. The van der Waals surface area contributed by atoms with Crippen LogP contribution in [0.15, 0.2) is 123 Å². The summed E-state index contributed by atoms with van der Waals surface area (Å²) in [5.41, 5.74) is 5.47. The van der Waals surface area contributed by atoms with Crippen molar-refractivity contribution in [2.75, 3.05) is 18.8 Å². The molecule has 0 fully saturated rings. The standard InChI is InChI=1S/2C14H16ClN3OS.C9H14N2OS.C5H3BrClN/c2*1-10-4-5-12(8-16-10)11(2)20(3,19)18-14-7-6-13(15)9-17-14;1-7-4-5-9(6-11-7)8(2)13(3,10)12;6-5-2-1-4(7)3-8-5/h2*4-9,11H,1-3H3;4-6,8,10H,1-3H3;1-3H. The van der Waals surface area contributed by atoms with Gasteiger partial charge in [-0.3, -0.25) is 19.7 Å². The van der Waals surface area contributed by atoms with Crippen LogP contribution >= 0.6 is 50.7 Å². The molecule has 0 saturated heterocycles. The molecule has 0 amide bonds. The average Bonchev–Trinajstić information content (AvgIpc) is 3.21. The van der Waals surface area contributed by atoms with Gasteiger partial charge in [0.25, 0.3) is 0 Å². The fourth-order valence-corrected chi connectivity index (χ4v) is 8.45. The summed E-state index contributed by atoms with van der Waals surface area (Å²) in [6.07, 6.45) is 14.5. The van der Waals surface area contributed by atoms with Crippen LogP contribution in [-0.2, 0) is 29.2 Å². The Bertz CT molecular complexity index is 2530. The SMILES string of the molecule is Cc1ccc(C(C)S(C)(=N)=O)cn1.Cc1ccc(C(C)S(C)(=O)=Nc2ccc(Cl)cn2)cn1.Cc1ccc(C(C)S(C)(=O)=Nc2ccc(Cl)cn2)cn1.Clc1ccc(Br)nc1. The van der Waals surface area contributed by atoms with Crippen LogP contribution in [0.5, 0.6) is 0 Å². The molecule has 6 aromatic rings. The summed E-state index contributed by atoms with van der Waals surface area (Å²) in [7, 11) is -7.43. The van der Waals surface area contributed by atoms with E-state index in [1.165, 1.54) is 18.6 Å². The second-order valence-corrected chi connectivity index (χ2v) is 23.8. The maximum Gasteiger partial charge on any atom is 0.161 e. The van der Waals surface area contributed by atoms with Crippen LogP contribution in [0.25, 0.3) is 0 Å². The molecule has 6 unspecified atom stereocenters. The third kappa shape index (κ3) is 17.8. The Kier molecular flexibility index (Phi) is 19.8. The van der Waals surface area contributed by atoms with Crippen molar-refractivity contribution in [1.82, 2.24) is 29.9 Å². The normalized spacial score (nSPS) is 15.1. The molecule has 0 radical (unpaired) electrons. The highest BCUT2D eigenvalue weighted by molar-refractivity contribution is 9.10. The number of nitrogens with one attached hydrogen (secondary N) is 1. The van der Waals surface area contributed by atoms with E-state index in [0.717, 1.165) is 38.4 Å². The lowest BCUT2D eigenvalue weighted by molar-refractivity contribution is 0.670. The van der Waals surface area contributed by atoms with Gasteiger partial charge < -0.3 is 0 Å². The quantitative estimate of drug-likeness (QED) is 0.145. The molecule has 0 saturated carbocycles. The first-order valence-electron chi connectivity index (χ1n) is 18.4. The second-order valence-electron chi connectivity index (χ2n) is 13.9. The van der Waals surface area contributed by atoms with E-state index in [9.17, 15) is 12.6 Å². The van der Waals surface area contributed by atoms with Crippen molar-refractivity contribution in [3.63, 3.8) is 0 Å². The molecular weight excluding hydrogens is 961 g/mol. The molecule has 0 aromatic carbocycles. The summed E-state index contributed by atoms with van der Waals surface area (Å²) in [6, 6.07) is 21.7. The Labute approximate surface area is 384 Å². The number of aryl methyl sites for hydroxylation is 3. The summed E-state index contributed by atoms with van der Waals surface area (Å²) in [6.45, 7) is 11.3. The fraction of sp³-hybridized carbons (Fsp3) is 0.286. The van der Waals surface area contributed by atoms with Crippen LogP contribution in [0.2, 0.25) is 15.1 Å². The minimum Gasteiger partial charge on any atom is -0.261 e. The zero-order valence-corrected chi connectivity index (χ0v) is 41.5. The van der Waals surface area contributed by atoms with Crippen molar-refractivity contribution in [2.24, 2.45) is 8.73 Å². The van der Waals surface area contributed by atoms with E-state index in [1.54, 1.807) is 80.6 Å². The maximum atomic E-state index is 12.8. The van der Waals surface area contributed by atoms with Crippen LogP contribution < -0.4 is 0 Å².